The van der Waals surface area contributed by atoms with Crippen LogP contribution in [0.5, 0.6) is 5.75 Å². The minimum atomic E-state index is -1.17. The molecule has 1 aromatic carbocycles. The summed E-state index contributed by atoms with van der Waals surface area (Å²) in [6.07, 6.45) is 7.77. The fourth-order valence-corrected chi connectivity index (χ4v) is 13.0. The number of ether oxygens (including phenoxy) is 2. The van der Waals surface area contributed by atoms with E-state index >= 15 is 0 Å². The van der Waals surface area contributed by atoms with Crippen LogP contribution < -0.4 is 4.74 Å². The minimum Gasteiger partial charge on any atom is -0.497 e. The van der Waals surface area contributed by atoms with Gasteiger partial charge < -0.3 is 19.0 Å². The van der Waals surface area contributed by atoms with Crippen molar-refractivity contribution >= 4 is 17.7 Å². The highest BCUT2D eigenvalue weighted by Crippen LogP contribution is 2.76. The summed E-state index contributed by atoms with van der Waals surface area (Å²) in [5, 5.41) is 18.9. The molecule has 8 atom stereocenters. The van der Waals surface area contributed by atoms with Crippen molar-refractivity contribution in [3.8, 4) is 17.2 Å². The molecule has 0 saturated heterocycles. The van der Waals surface area contributed by atoms with Crippen molar-refractivity contribution in [2.24, 2.45) is 50.7 Å². The Morgan fingerprint density at radius 2 is 1.62 bits per heavy atom. The van der Waals surface area contributed by atoms with E-state index in [2.05, 4.69) is 53.6 Å². The Hall–Kier alpha value is -3.49. The number of aliphatic carboxylic acids is 1. The van der Waals surface area contributed by atoms with Gasteiger partial charge in [0.15, 0.2) is 5.78 Å². The molecule has 288 valence electrons. The molecular formula is C44H60N2O7. The van der Waals surface area contributed by atoms with Crippen molar-refractivity contribution in [1.82, 2.24) is 10.2 Å². The number of methoxy groups -OCH3 is 1. The van der Waals surface area contributed by atoms with E-state index in [0.717, 1.165) is 68.3 Å². The highest BCUT2D eigenvalue weighted by Gasteiger charge is 2.71. The Balaban J connectivity index is 1.20. The van der Waals surface area contributed by atoms with E-state index in [1.807, 2.05) is 24.3 Å². The number of carboxylic acid groups (broad SMARTS) is 1. The van der Waals surface area contributed by atoms with Crippen LogP contribution in [-0.4, -0.2) is 46.2 Å². The van der Waals surface area contributed by atoms with Gasteiger partial charge in [0, 0.05) is 17.4 Å². The third-order valence-electron chi connectivity index (χ3n) is 16.0. The van der Waals surface area contributed by atoms with Crippen LogP contribution in [0.2, 0.25) is 0 Å². The van der Waals surface area contributed by atoms with E-state index < -0.39 is 22.8 Å². The summed E-state index contributed by atoms with van der Waals surface area (Å²) in [7, 11) is 1.65. The molecule has 0 unspecified atom stereocenters. The van der Waals surface area contributed by atoms with Gasteiger partial charge in [0.25, 0.3) is 0 Å². The molecule has 1 aromatic heterocycles. The number of allylic oxidation sites excluding steroid dienone is 2. The van der Waals surface area contributed by atoms with Gasteiger partial charge in [-0.15, -0.1) is 10.2 Å². The van der Waals surface area contributed by atoms with Crippen LogP contribution in [0.3, 0.4) is 0 Å². The SMILES string of the molecule is COc1ccc(-c2nnc([C@@]34CC[C@]5(C)[C@H](CC[C@@H]6[C@@]7(C)CC[C@H](OC(=O)CC(C)(C)C(=O)O)C(C)(C)[C@@H]7CC[C@]65C)C3=C(C(C)C)C(=O)C4)o2)cc1. The number of ketones is 1. The monoisotopic (exact) mass is 728 g/mol. The Kier molecular flexibility index (Phi) is 8.93. The molecule has 53 heavy (non-hydrogen) atoms. The van der Waals surface area contributed by atoms with Crippen LogP contribution in [0.25, 0.3) is 11.5 Å². The lowest BCUT2D eigenvalue weighted by atomic mass is 9.33. The first-order valence-corrected chi connectivity index (χ1v) is 19.9. The Bertz CT molecular complexity index is 1840. The highest BCUT2D eigenvalue weighted by atomic mass is 16.5. The quantitative estimate of drug-likeness (QED) is 0.264. The largest absolute Gasteiger partial charge is 0.497 e. The number of hydrogen-bond donors (Lipinski definition) is 1. The fraction of sp³-hybridized carbons (Fsp3) is 0.705. The molecule has 0 aliphatic heterocycles. The van der Waals surface area contributed by atoms with Crippen LogP contribution in [0, 0.1) is 50.7 Å². The lowest BCUT2D eigenvalue weighted by molar-refractivity contribution is -0.232. The van der Waals surface area contributed by atoms with Crippen LogP contribution in [0.4, 0.5) is 0 Å². The van der Waals surface area contributed by atoms with Crippen molar-refractivity contribution in [2.75, 3.05) is 7.11 Å². The first-order valence-electron chi connectivity index (χ1n) is 19.9. The summed E-state index contributed by atoms with van der Waals surface area (Å²) >= 11 is 0. The van der Waals surface area contributed by atoms with Gasteiger partial charge in [-0.2, -0.15) is 0 Å². The molecule has 2 aromatic rings. The number of esters is 1. The maximum absolute atomic E-state index is 14.2. The van der Waals surface area contributed by atoms with Gasteiger partial charge >= 0.3 is 11.9 Å². The van der Waals surface area contributed by atoms with Gasteiger partial charge in [-0.1, -0.05) is 48.5 Å². The molecule has 4 saturated carbocycles. The molecule has 4 fully saturated rings. The molecule has 0 radical (unpaired) electrons. The number of carboxylic acids is 1. The number of nitrogens with zero attached hydrogens (tertiary/aromatic N) is 2. The topological polar surface area (TPSA) is 129 Å². The maximum atomic E-state index is 14.2. The van der Waals surface area contributed by atoms with Gasteiger partial charge in [-0.25, -0.2) is 0 Å². The Morgan fingerprint density at radius 1 is 0.925 bits per heavy atom. The molecule has 7 rings (SSSR count). The standard InChI is InChI=1S/C44H60N2O7/c1-25(2)34-29(47)23-44(37-46-45-36(53-37)26-11-13-27(51-10)14-12-26)22-21-42(8)28(35(34)44)15-16-31-41(7)19-18-32(52-33(48)24-39(3,4)38(49)50)40(5,6)30(41)17-20-43(31,42)9/h11-14,25,28,30-32H,15-24H2,1-10H3,(H,49,50)/t28-,30+,31-,32+,41+,42-,43-,44-/m1/s1. The number of carbonyl (C=O) groups excluding carboxylic acids is 2. The smallest absolute Gasteiger partial charge is 0.309 e. The van der Waals surface area contributed by atoms with E-state index in [-0.39, 0.29) is 51.8 Å². The molecular weight excluding hydrogens is 668 g/mol. The number of fused-ring (bicyclic) bond motifs is 7. The fourth-order valence-electron chi connectivity index (χ4n) is 13.0. The number of aromatic nitrogens is 2. The zero-order chi connectivity index (χ0) is 38.5. The summed E-state index contributed by atoms with van der Waals surface area (Å²) in [5.41, 5.74) is 1.18. The summed E-state index contributed by atoms with van der Waals surface area (Å²) in [6.45, 7) is 19.6. The normalized spacial score (nSPS) is 36.3. The molecule has 9 nitrogen and oxygen atoms in total. The zero-order valence-electron chi connectivity index (χ0n) is 33.6. The third kappa shape index (κ3) is 5.47. The molecule has 5 aliphatic rings. The average Bonchev–Trinajstić information content (AvgIpc) is 3.70. The highest BCUT2D eigenvalue weighted by molar-refractivity contribution is 6.01. The molecule has 9 heteroatoms. The number of carbonyl (C=O) groups is 3. The van der Waals surface area contributed by atoms with Crippen molar-refractivity contribution in [2.45, 2.75) is 138 Å². The third-order valence-corrected chi connectivity index (χ3v) is 16.0. The van der Waals surface area contributed by atoms with E-state index in [1.165, 1.54) is 5.57 Å². The molecule has 1 N–H and O–H groups in total. The second-order valence-electron chi connectivity index (χ2n) is 19.6. The summed E-state index contributed by atoms with van der Waals surface area (Å²) < 4.78 is 18.1. The number of hydrogen-bond acceptors (Lipinski definition) is 8. The van der Waals surface area contributed by atoms with E-state index in [4.69, 9.17) is 19.0 Å². The predicted octanol–water partition coefficient (Wildman–Crippen LogP) is 9.39. The maximum Gasteiger partial charge on any atom is 0.309 e. The van der Waals surface area contributed by atoms with Gasteiger partial charge in [-0.05, 0) is 141 Å². The molecule has 0 bridgehead atoms. The van der Waals surface area contributed by atoms with Crippen molar-refractivity contribution in [1.29, 1.82) is 0 Å². The van der Waals surface area contributed by atoms with Crippen LogP contribution in [0.1, 0.15) is 132 Å². The zero-order valence-corrected chi connectivity index (χ0v) is 33.6. The van der Waals surface area contributed by atoms with Crippen LogP contribution in [0.15, 0.2) is 39.8 Å². The first-order chi connectivity index (χ1) is 24.7. The van der Waals surface area contributed by atoms with E-state index in [0.29, 0.717) is 30.0 Å². The number of rotatable bonds is 8. The number of benzene rings is 1. The molecule has 0 spiro atoms. The Morgan fingerprint density at radius 3 is 2.26 bits per heavy atom. The molecule has 0 amide bonds. The van der Waals surface area contributed by atoms with Gasteiger partial charge in [-0.3, -0.25) is 14.4 Å². The minimum absolute atomic E-state index is 0.0256. The number of Topliss-reactive ketones (excluding diaryl/α,β-unsaturated/α-hetero) is 1. The second-order valence-corrected chi connectivity index (χ2v) is 19.6. The van der Waals surface area contributed by atoms with E-state index in [1.54, 1.807) is 21.0 Å². The Labute approximate surface area is 315 Å². The van der Waals surface area contributed by atoms with E-state index in [9.17, 15) is 19.5 Å². The van der Waals surface area contributed by atoms with Crippen molar-refractivity contribution < 1.29 is 33.4 Å². The predicted molar refractivity (Wildman–Crippen MR) is 201 cm³/mol. The summed E-state index contributed by atoms with van der Waals surface area (Å²) in [4.78, 5) is 39.0. The summed E-state index contributed by atoms with van der Waals surface area (Å²) in [5.74, 6) is 1.80. The van der Waals surface area contributed by atoms with Gasteiger partial charge in [0.05, 0.1) is 24.4 Å². The van der Waals surface area contributed by atoms with Crippen LogP contribution in [-0.2, 0) is 24.5 Å². The van der Waals surface area contributed by atoms with Gasteiger partial charge in [0.1, 0.15) is 11.9 Å². The van der Waals surface area contributed by atoms with Crippen molar-refractivity contribution in [3.63, 3.8) is 0 Å². The average molecular weight is 729 g/mol. The first kappa shape index (κ1) is 37.8. The summed E-state index contributed by atoms with van der Waals surface area (Å²) in [6, 6.07) is 7.64. The molecule has 5 aliphatic carbocycles. The lowest BCUT2D eigenvalue weighted by Gasteiger charge is -2.72. The molecule has 1 heterocycles. The lowest BCUT2D eigenvalue weighted by Crippen LogP contribution is -2.66. The second kappa shape index (κ2) is 12.5. The van der Waals surface area contributed by atoms with Crippen molar-refractivity contribution in [3.05, 3.63) is 41.3 Å². The van der Waals surface area contributed by atoms with Crippen LogP contribution >= 0.6 is 0 Å². The van der Waals surface area contributed by atoms with Gasteiger partial charge in [0.2, 0.25) is 11.8 Å².